The van der Waals surface area contributed by atoms with Gasteiger partial charge in [-0.3, -0.25) is 9.93 Å². The van der Waals surface area contributed by atoms with Gasteiger partial charge < -0.3 is 0 Å². The summed E-state index contributed by atoms with van der Waals surface area (Å²) in [6, 6.07) is 3.56. The Kier molecular flexibility index (Phi) is 4.15. The van der Waals surface area contributed by atoms with Crippen molar-refractivity contribution >= 4 is 31.6 Å². The van der Waals surface area contributed by atoms with Gasteiger partial charge in [0.2, 0.25) is 6.20 Å². The Morgan fingerprint density at radius 2 is 1.95 bits per heavy atom. The second kappa shape index (κ2) is 5.57. The molecular weight excluding hydrogens is 370 g/mol. The fourth-order valence-electron chi connectivity index (χ4n) is 1.61. The molecule has 0 saturated carbocycles. The van der Waals surface area contributed by atoms with Crippen molar-refractivity contribution in [2.45, 2.75) is 11.8 Å². The first-order chi connectivity index (χ1) is 9.70. The van der Waals surface area contributed by atoms with Gasteiger partial charge in [-0.05, 0) is 34.1 Å². The first kappa shape index (κ1) is 15.6. The average Bonchev–Trinajstić information content (AvgIpc) is 2.34. The largest absolute Gasteiger partial charge is 0.285 e. The molecule has 5 nitrogen and oxygen atoms in total. The lowest BCUT2D eigenvalue weighted by atomic mass is 10.3. The Morgan fingerprint density at radius 3 is 2.57 bits per heavy atom. The van der Waals surface area contributed by atoms with E-state index in [1.807, 2.05) is 0 Å². The predicted molar refractivity (Wildman–Crippen MR) is 73.4 cm³/mol. The van der Waals surface area contributed by atoms with Crippen molar-refractivity contribution in [1.29, 1.82) is 0 Å². The quantitative estimate of drug-likeness (QED) is 0.635. The SMILES string of the molecule is Cc1c(NS(=O)(=O)c2ccc(F)cc2F)cc(Br)c[n+]1O. The van der Waals surface area contributed by atoms with Gasteiger partial charge in [-0.1, -0.05) is 0 Å². The molecule has 0 aliphatic rings. The maximum Gasteiger partial charge on any atom is 0.265 e. The second-order valence-electron chi connectivity index (χ2n) is 4.18. The van der Waals surface area contributed by atoms with Gasteiger partial charge in [-0.25, -0.2) is 17.2 Å². The van der Waals surface area contributed by atoms with Crippen LogP contribution in [0, 0.1) is 18.6 Å². The van der Waals surface area contributed by atoms with Crippen LogP contribution >= 0.6 is 15.9 Å². The monoisotopic (exact) mass is 379 g/mol. The molecule has 0 bridgehead atoms. The highest BCUT2D eigenvalue weighted by atomic mass is 79.9. The number of benzene rings is 1. The van der Waals surface area contributed by atoms with E-state index >= 15 is 0 Å². The molecule has 2 rings (SSSR count). The van der Waals surface area contributed by atoms with Crippen LogP contribution in [-0.4, -0.2) is 13.6 Å². The minimum Gasteiger partial charge on any atom is -0.285 e. The Hall–Kier alpha value is -1.74. The number of hydrogen-bond donors (Lipinski definition) is 2. The van der Waals surface area contributed by atoms with E-state index in [-0.39, 0.29) is 11.4 Å². The van der Waals surface area contributed by atoms with Gasteiger partial charge in [0.15, 0.2) is 0 Å². The fourth-order valence-corrected chi connectivity index (χ4v) is 3.20. The van der Waals surface area contributed by atoms with Crippen molar-refractivity contribution in [2.24, 2.45) is 0 Å². The van der Waals surface area contributed by atoms with Crippen molar-refractivity contribution in [3.8, 4) is 0 Å². The van der Waals surface area contributed by atoms with Gasteiger partial charge in [0.05, 0.1) is 4.47 Å². The number of hydrogen-bond acceptors (Lipinski definition) is 3. The van der Waals surface area contributed by atoms with Gasteiger partial charge >= 0.3 is 0 Å². The van der Waals surface area contributed by atoms with Crippen molar-refractivity contribution in [3.63, 3.8) is 0 Å². The van der Waals surface area contributed by atoms with E-state index in [0.717, 1.165) is 12.1 Å². The standard InChI is InChI=1S/C12H10BrF2N2O3S/c1-7-11(4-8(13)6-17(7)18)16-21(19,20)12-3-2-9(14)5-10(12)15/h2-6,16,18H,1H3/q+1. The van der Waals surface area contributed by atoms with Crippen LogP contribution in [0.1, 0.15) is 5.69 Å². The molecule has 0 saturated heterocycles. The minimum absolute atomic E-state index is 0.0515. The highest BCUT2D eigenvalue weighted by Crippen LogP contribution is 2.22. The molecular formula is C12H10BrF2N2O3S+. The summed E-state index contributed by atoms with van der Waals surface area (Å²) in [7, 11) is -4.25. The lowest BCUT2D eigenvalue weighted by Crippen LogP contribution is -2.34. The molecule has 112 valence electrons. The molecule has 0 unspecified atom stereocenters. The van der Waals surface area contributed by atoms with Gasteiger partial charge in [0, 0.05) is 17.7 Å². The molecule has 9 heteroatoms. The third kappa shape index (κ3) is 3.30. The number of rotatable bonds is 3. The number of halogens is 3. The molecule has 2 N–H and O–H groups in total. The Balaban J connectivity index is 2.47. The van der Waals surface area contributed by atoms with E-state index < -0.39 is 26.6 Å². The predicted octanol–water partition coefficient (Wildman–Crippen LogP) is 2.36. The van der Waals surface area contributed by atoms with Crippen LogP contribution in [0.15, 0.2) is 39.8 Å². The number of pyridine rings is 1. The Labute approximate surface area is 128 Å². The van der Waals surface area contributed by atoms with E-state index in [1.54, 1.807) is 0 Å². The zero-order chi connectivity index (χ0) is 15.8. The summed E-state index contributed by atoms with van der Waals surface area (Å²) in [5, 5.41) is 9.57. The average molecular weight is 380 g/mol. The molecule has 0 radical (unpaired) electrons. The van der Waals surface area contributed by atoms with Crippen LogP contribution in [-0.2, 0) is 10.0 Å². The van der Waals surface area contributed by atoms with E-state index in [4.69, 9.17) is 0 Å². The van der Waals surface area contributed by atoms with E-state index in [2.05, 4.69) is 20.7 Å². The third-order valence-corrected chi connectivity index (χ3v) is 4.52. The first-order valence-corrected chi connectivity index (χ1v) is 7.87. The van der Waals surface area contributed by atoms with Crippen LogP contribution in [0.3, 0.4) is 0 Å². The molecule has 0 amide bonds. The molecule has 2 aromatic rings. The normalized spacial score (nSPS) is 11.4. The van der Waals surface area contributed by atoms with E-state index in [0.29, 0.717) is 15.3 Å². The summed E-state index contributed by atoms with van der Waals surface area (Å²) in [5.74, 6) is -2.08. The van der Waals surface area contributed by atoms with E-state index in [1.165, 1.54) is 19.2 Å². The number of aromatic nitrogens is 1. The van der Waals surface area contributed by atoms with Gasteiger partial charge in [-0.2, -0.15) is 0 Å². The maximum atomic E-state index is 13.6. The van der Waals surface area contributed by atoms with Crippen molar-refractivity contribution < 1.29 is 27.1 Å². The smallest absolute Gasteiger partial charge is 0.265 e. The summed E-state index contributed by atoms with van der Waals surface area (Å²) in [5.41, 5.74) is 0.250. The molecule has 1 aromatic carbocycles. The summed E-state index contributed by atoms with van der Waals surface area (Å²) >= 11 is 3.10. The highest BCUT2D eigenvalue weighted by Gasteiger charge is 2.23. The Bertz CT molecular complexity index is 812. The summed E-state index contributed by atoms with van der Waals surface area (Å²) in [6.07, 6.45) is 1.31. The molecule has 1 heterocycles. The van der Waals surface area contributed by atoms with Crippen LogP contribution in [0.2, 0.25) is 0 Å². The van der Waals surface area contributed by atoms with Crippen molar-refractivity contribution in [2.75, 3.05) is 4.72 Å². The first-order valence-electron chi connectivity index (χ1n) is 5.59. The summed E-state index contributed by atoms with van der Waals surface area (Å²) < 4.78 is 53.9. The fraction of sp³-hybridized carbons (Fsp3) is 0.0833. The van der Waals surface area contributed by atoms with Crippen LogP contribution in [0.5, 0.6) is 0 Å². The minimum atomic E-state index is -4.25. The van der Waals surface area contributed by atoms with Crippen molar-refractivity contribution in [1.82, 2.24) is 0 Å². The maximum absolute atomic E-state index is 13.6. The summed E-state index contributed by atoms with van der Waals surface area (Å²) in [4.78, 5) is -0.687. The number of sulfonamides is 1. The zero-order valence-electron chi connectivity index (χ0n) is 10.6. The van der Waals surface area contributed by atoms with Gasteiger partial charge in [0.25, 0.3) is 15.7 Å². The van der Waals surface area contributed by atoms with Crippen LogP contribution < -0.4 is 9.45 Å². The van der Waals surface area contributed by atoms with Crippen LogP contribution in [0.25, 0.3) is 0 Å². The third-order valence-electron chi connectivity index (χ3n) is 2.69. The lowest BCUT2D eigenvalue weighted by Gasteiger charge is -2.09. The van der Waals surface area contributed by atoms with Gasteiger partial charge in [-0.15, -0.1) is 0 Å². The summed E-state index contributed by atoms with van der Waals surface area (Å²) in [6.45, 7) is 1.46. The van der Waals surface area contributed by atoms with Gasteiger partial charge in [0.1, 0.15) is 22.2 Å². The lowest BCUT2D eigenvalue weighted by molar-refractivity contribution is -0.908. The molecule has 1 aromatic heterocycles. The zero-order valence-corrected chi connectivity index (χ0v) is 13.0. The van der Waals surface area contributed by atoms with Crippen LogP contribution in [0.4, 0.5) is 14.5 Å². The number of nitrogens with one attached hydrogen (secondary N) is 1. The molecule has 0 aliphatic heterocycles. The highest BCUT2D eigenvalue weighted by molar-refractivity contribution is 9.10. The molecule has 0 fully saturated rings. The number of nitrogens with zero attached hydrogens (tertiary/aromatic N) is 1. The van der Waals surface area contributed by atoms with Crippen molar-refractivity contribution in [3.05, 3.63) is 52.3 Å². The molecule has 0 atom stereocenters. The topological polar surface area (TPSA) is 70.3 Å². The molecule has 0 aliphatic carbocycles. The molecule has 0 spiro atoms. The Morgan fingerprint density at radius 1 is 1.29 bits per heavy atom. The number of anilines is 1. The second-order valence-corrected chi connectivity index (χ2v) is 6.75. The molecule has 21 heavy (non-hydrogen) atoms. The van der Waals surface area contributed by atoms with E-state index in [9.17, 15) is 22.4 Å².